The van der Waals surface area contributed by atoms with Crippen LogP contribution in [0.3, 0.4) is 0 Å². The van der Waals surface area contributed by atoms with Crippen molar-refractivity contribution in [1.29, 1.82) is 0 Å². The maximum Gasteiger partial charge on any atom is 0.191 e. The highest BCUT2D eigenvalue weighted by Crippen LogP contribution is 2.01. The predicted octanol–water partition coefficient (Wildman–Crippen LogP) is -1.66. The Balaban J connectivity index is 3.74. The number of carbonyl (C=O) groups is 1. The van der Waals surface area contributed by atoms with Crippen LogP contribution in [0.4, 0.5) is 0 Å². The monoisotopic (exact) mass is 265 g/mol. The molecule has 0 aromatic heterocycles. The first kappa shape index (κ1) is 17.4. The number of unbranched alkanes of at least 4 members (excludes halogenated alkanes) is 2. The second kappa shape index (κ2) is 10.4. The Morgan fingerprint density at radius 1 is 1.28 bits per heavy atom. The van der Waals surface area contributed by atoms with Gasteiger partial charge >= 0.3 is 0 Å². The van der Waals surface area contributed by atoms with Gasteiger partial charge in [-0.1, -0.05) is 19.8 Å². The maximum atomic E-state index is 11.3. The van der Waals surface area contributed by atoms with Crippen LogP contribution in [0.15, 0.2) is 0 Å². The molecule has 108 valence electrons. The van der Waals surface area contributed by atoms with E-state index in [2.05, 4.69) is 12.4 Å². The summed E-state index contributed by atoms with van der Waals surface area (Å²) in [4.78, 5) is 16.1. The topological polar surface area (TPSA) is 119 Å². The number of carbonyl (C=O) groups excluding carboxylic acids is 1. The summed E-state index contributed by atoms with van der Waals surface area (Å²) >= 11 is 0. The van der Waals surface area contributed by atoms with Crippen molar-refractivity contribution in [2.45, 2.75) is 44.5 Å². The fourth-order valence-corrected chi connectivity index (χ4v) is 1.24. The van der Waals surface area contributed by atoms with Gasteiger partial charge < -0.3 is 20.4 Å². The van der Waals surface area contributed by atoms with Gasteiger partial charge in [0, 0.05) is 6.54 Å². The summed E-state index contributed by atoms with van der Waals surface area (Å²) in [6.45, 7) is 1.51. The van der Waals surface area contributed by atoms with Crippen molar-refractivity contribution in [3.05, 3.63) is 0 Å². The van der Waals surface area contributed by atoms with Crippen LogP contribution < -0.4 is 5.48 Å². The largest absolute Gasteiger partial charge is 0.394 e. The van der Waals surface area contributed by atoms with E-state index in [-0.39, 0.29) is 0 Å². The Hall–Kier alpha value is -0.570. The highest BCUT2D eigenvalue weighted by Gasteiger charge is 2.29. The predicted molar refractivity (Wildman–Crippen MR) is 63.6 cm³/mol. The molecule has 5 N–H and O–H groups in total. The molecule has 7 nitrogen and oxygen atoms in total. The van der Waals surface area contributed by atoms with E-state index in [4.69, 9.17) is 15.1 Å². The molecule has 0 rings (SSSR count). The first-order valence-electron chi connectivity index (χ1n) is 6.07. The molecule has 7 heteroatoms. The van der Waals surface area contributed by atoms with Crippen molar-refractivity contribution < 1.29 is 30.1 Å². The van der Waals surface area contributed by atoms with E-state index in [0.29, 0.717) is 6.54 Å². The van der Waals surface area contributed by atoms with Crippen molar-refractivity contribution in [2.24, 2.45) is 0 Å². The SMILES string of the molecule is CCCCCNOCC(=O)[C@H](O)[C@@H](O)[C@H](O)CO. The number of aliphatic hydroxyl groups is 4. The summed E-state index contributed by atoms with van der Waals surface area (Å²) < 4.78 is 0. The lowest BCUT2D eigenvalue weighted by atomic mass is 10.1. The minimum absolute atomic E-state index is 0.414. The second-order valence-electron chi connectivity index (χ2n) is 4.04. The van der Waals surface area contributed by atoms with Gasteiger partial charge in [0.25, 0.3) is 0 Å². The molecule has 0 spiro atoms. The Kier molecular flexibility index (Phi) is 10.0. The number of ketones is 1. The molecule has 0 saturated carbocycles. The molecule has 0 aliphatic heterocycles. The molecule has 0 aliphatic rings. The molecule has 0 aromatic rings. The normalized spacial score (nSPS) is 16.3. The lowest BCUT2D eigenvalue weighted by Gasteiger charge is -2.20. The van der Waals surface area contributed by atoms with Gasteiger partial charge in [-0.05, 0) is 6.42 Å². The summed E-state index contributed by atoms with van der Waals surface area (Å²) in [7, 11) is 0. The molecule has 0 radical (unpaired) electrons. The zero-order chi connectivity index (χ0) is 14.0. The number of hydrogen-bond donors (Lipinski definition) is 5. The molecule has 0 unspecified atom stereocenters. The van der Waals surface area contributed by atoms with Gasteiger partial charge in [-0.3, -0.25) is 9.63 Å². The summed E-state index contributed by atoms with van der Waals surface area (Å²) in [5.41, 5.74) is 2.56. The molecule has 0 fully saturated rings. The van der Waals surface area contributed by atoms with Crippen molar-refractivity contribution in [2.75, 3.05) is 19.8 Å². The third kappa shape index (κ3) is 7.00. The highest BCUT2D eigenvalue weighted by atomic mass is 16.6. The van der Waals surface area contributed by atoms with Crippen LogP contribution in [0.25, 0.3) is 0 Å². The van der Waals surface area contributed by atoms with Crippen LogP contribution in [0.2, 0.25) is 0 Å². The zero-order valence-corrected chi connectivity index (χ0v) is 10.6. The van der Waals surface area contributed by atoms with Gasteiger partial charge in [0.15, 0.2) is 5.78 Å². The molecule has 18 heavy (non-hydrogen) atoms. The number of Topliss-reactive ketones (excluding diaryl/α,β-unsaturated/α-hetero) is 1. The van der Waals surface area contributed by atoms with Crippen LogP contribution in [0.5, 0.6) is 0 Å². The summed E-state index contributed by atoms with van der Waals surface area (Å²) in [6.07, 6.45) is -2.00. The number of nitrogens with one attached hydrogen (secondary N) is 1. The molecular weight excluding hydrogens is 242 g/mol. The van der Waals surface area contributed by atoms with Crippen molar-refractivity contribution in [3.63, 3.8) is 0 Å². The van der Waals surface area contributed by atoms with Crippen LogP contribution >= 0.6 is 0 Å². The van der Waals surface area contributed by atoms with E-state index in [9.17, 15) is 15.0 Å². The average Bonchev–Trinajstić information content (AvgIpc) is 2.39. The summed E-state index contributed by atoms with van der Waals surface area (Å²) in [6, 6.07) is 0. The number of hydroxylamine groups is 1. The second-order valence-corrected chi connectivity index (χ2v) is 4.04. The lowest BCUT2D eigenvalue weighted by Crippen LogP contribution is -2.45. The zero-order valence-electron chi connectivity index (χ0n) is 10.6. The van der Waals surface area contributed by atoms with E-state index < -0.39 is 37.3 Å². The number of hydrogen-bond acceptors (Lipinski definition) is 7. The third-order valence-corrected chi connectivity index (χ3v) is 2.43. The van der Waals surface area contributed by atoms with Crippen molar-refractivity contribution in [1.82, 2.24) is 5.48 Å². The number of rotatable bonds is 11. The first-order chi connectivity index (χ1) is 8.54. The van der Waals surface area contributed by atoms with E-state index in [1.54, 1.807) is 0 Å². The minimum atomic E-state index is -1.77. The molecule has 0 aliphatic carbocycles. The van der Waals surface area contributed by atoms with Gasteiger partial charge in [0.05, 0.1) is 6.61 Å². The van der Waals surface area contributed by atoms with Crippen molar-refractivity contribution >= 4 is 5.78 Å². The fourth-order valence-electron chi connectivity index (χ4n) is 1.24. The van der Waals surface area contributed by atoms with Gasteiger partial charge in [0.1, 0.15) is 24.9 Å². The lowest BCUT2D eigenvalue weighted by molar-refractivity contribution is -0.147. The smallest absolute Gasteiger partial charge is 0.191 e. The summed E-state index contributed by atoms with van der Waals surface area (Å²) in [5, 5.41) is 36.2. The van der Waals surface area contributed by atoms with E-state index in [1.165, 1.54) is 0 Å². The molecule has 0 heterocycles. The molecule has 0 bridgehead atoms. The average molecular weight is 265 g/mol. The molecule has 0 aromatic carbocycles. The quantitative estimate of drug-likeness (QED) is 0.224. The fraction of sp³-hybridized carbons (Fsp3) is 0.909. The van der Waals surface area contributed by atoms with Crippen LogP contribution in [0, 0.1) is 0 Å². The molecule has 3 atom stereocenters. The number of aliphatic hydroxyl groups excluding tert-OH is 4. The van der Waals surface area contributed by atoms with Crippen LogP contribution in [-0.2, 0) is 9.63 Å². The maximum absolute atomic E-state index is 11.3. The minimum Gasteiger partial charge on any atom is -0.394 e. The Bertz CT molecular complexity index is 226. The van der Waals surface area contributed by atoms with E-state index in [1.807, 2.05) is 0 Å². The third-order valence-electron chi connectivity index (χ3n) is 2.43. The van der Waals surface area contributed by atoms with Crippen LogP contribution in [-0.4, -0.2) is 64.3 Å². The highest BCUT2D eigenvalue weighted by molar-refractivity contribution is 5.84. The molecule has 0 amide bonds. The van der Waals surface area contributed by atoms with Gasteiger partial charge in [-0.2, -0.15) is 0 Å². The van der Waals surface area contributed by atoms with Gasteiger partial charge in [-0.15, -0.1) is 0 Å². The Morgan fingerprint density at radius 3 is 2.50 bits per heavy atom. The van der Waals surface area contributed by atoms with E-state index in [0.717, 1.165) is 19.3 Å². The summed E-state index contributed by atoms with van der Waals surface area (Å²) in [5.74, 6) is -0.766. The Morgan fingerprint density at radius 2 is 1.94 bits per heavy atom. The first-order valence-corrected chi connectivity index (χ1v) is 6.07. The van der Waals surface area contributed by atoms with E-state index >= 15 is 0 Å². The van der Waals surface area contributed by atoms with Gasteiger partial charge in [0.2, 0.25) is 0 Å². The van der Waals surface area contributed by atoms with Crippen molar-refractivity contribution in [3.8, 4) is 0 Å². The standard InChI is InChI=1S/C11H23NO6/c1-2-3-4-5-12-18-7-9(15)11(17)10(16)8(14)6-13/h8,10-14,16-17H,2-7H2,1H3/t8-,10+,11+/m1/s1. The van der Waals surface area contributed by atoms with Gasteiger partial charge in [-0.25, -0.2) is 5.48 Å². The molecular formula is C11H23NO6. The van der Waals surface area contributed by atoms with Crippen LogP contribution in [0.1, 0.15) is 26.2 Å². The molecule has 0 saturated heterocycles. The Labute approximate surface area is 106 Å².